The van der Waals surface area contributed by atoms with Gasteiger partial charge in [-0.3, -0.25) is 4.68 Å². The molecule has 1 atom stereocenters. The van der Waals surface area contributed by atoms with Crippen LogP contribution in [0.1, 0.15) is 29.8 Å². The number of rotatable bonds is 7. The second-order valence-electron chi connectivity index (χ2n) is 9.47. The maximum absolute atomic E-state index is 13.9. The molecule has 0 aliphatic carbocycles. The number of sulfone groups is 1. The van der Waals surface area contributed by atoms with E-state index in [9.17, 15) is 17.2 Å². The Hall–Kier alpha value is -2.56. The zero-order valence-electron chi connectivity index (χ0n) is 21.0. The molecule has 0 aliphatic rings. The number of fused-ring (bicyclic) bond motifs is 1. The van der Waals surface area contributed by atoms with Gasteiger partial charge in [0, 0.05) is 55.9 Å². The molecule has 0 fully saturated rings. The second-order valence-corrected chi connectivity index (χ2v) is 12.8. The number of anilines is 1. The number of nitrogens with zero attached hydrogens (tertiary/aromatic N) is 4. The number of hydrogen-bond acceptors (Lipinski definition) is 5. The summed E-state index contributed by atoms with van der Waals surface area (Å²) in [6.07, 6.45) is 1.51. The van der Waals surface area contributed by atoms with Crippen LogP contribution in [0.2, 0.25) is 5.02 Å². The average Bonchev–Trinajstić information content (AvgIpc) is 3.08. The second kappa shape index (κ2) is 10.3. The van der Waals surface area contributed by atoms with E-state index < -0.39 is 21.5 Å². The van der Waals surface area contributed by atoms with E-state index in [-0.39, 0.29) is 11.7 Å². The lowest BCUT2D eigenvalue weighted by molar-refractivity contribution is 0.576. The molecule has 11 heteroatoms. The molecule has 6 nitrogen and oxygen atoms in total. The molecule has 0 saturated carbocycles. The predicted octanol–water partition coefficient (Wildman–Crippen LogP) is 6.29. The third-order valence-electron chi connectivity index (χ3n) is 6.10. The minimum Gasteiger partial charge on any atom is -0.375 e. The van der Waals surface area contributed by atoms with E-state index in [0.717, 1.165) is 29.1 Å². The number of benzene rings is 2. The van der Waals surface area contributed by atoms with Gasteiger partial charge in [0.1, 0.15) is 16.2 Å². The molecule has 4 aromatic rings. The maximum Gasteiger partial charge on any atom is 0.153 e. The highest BCUT2D eigenvalue weighted by Crippen LogP contribution is 2.41. The lowest BCUT2D eigenvalue weighted by Crippen LogP contribution is -2.13. The molecule has 196 valence electrons. The van der Waals surface area contributed by atoms with Crippen molar-refractivity contribution in [2.24, 2.45) is 7.05 Å². The summed E-state index contributed by atoms with van der Waals surface area (Å²) in [7, 11) is 2.18. The average molecular weight is 612 g/mol. The minimum atomic E-state index is -3.36. The number of aryl methyl sites for hydroxylation is 1. The first kappa shape index (κ1) is 27.5. The molecular weight excluding hydrogens is 586 g/mol. The summed E-state index contributed by atoms with van der Waals surface area (Å²) in [5, 5.41) is 5.45. The Morgan fingerprint density at radius 1 is 1.11 bits per heavy atom. The van der Waals surface area contributed by atoms with Crippen molar-refractivity contribution in [2.45, 2.75) is 25.0 Å². The molecule has 0 bridgehead atoms. The Morgan fingerprint density at radius 2 is 1.76 bits per heavy atom. The van der Waals surface area contributed by atoms with E-state index >= 15 is 0 Å². The Kier molecular flexibility index (Phi) is 7.65. The quantitative estimate of drug-likeness (QED) is 0.230. The van der Waals surface area contributed by atoms with Gasteiger partial charge in [-0.1, -0.05) is 24.6 Å². The molecule has 2 aromatic carbocycles. The number of aromatic nitrogens is 3. The van der Waals surface area contributed by atoms with E-state index in [4.69, 9.17) is 16.6 Å². The summed E-state index contributed by atoms with van der Waals surface area (Å²) in [6, 6.07) is 9.06. The molecule has 0 aliphatic heterocycles. The van der Waals surface area contributed by atoms with Crippen LogP contribution in [-0.4, -0.2) is 43.5 Å². The number of pyridine rings is 1. The molecule has 0 N–H and O–H groups in total. The lowest BCUT2D eigenvalue weighted by Gasteiger charge is -2.22. The molecule has 0 radical (unpaired) electrons. The van der Waals surface area contributed by atoms with Crippen molar-refractivity contribution >= 4 is 54.0 Å². The first-order chi connectivity index (χ1) is 17.2. The Morgan fingerprint density at radius 3 is 2.35 bits per heavy atom. The molecule has 4 rings (SSSR count). The van der Waals surface area contributed by atoms with Gasteiger partial charge in [0.05, 0.1) is 33.4 Å². The molecule has 37 heavy (non-hydrogen) atoms. The Balaban J connectivity index is 1.96. The highest BCUT2D eigenvalue weighted by molar-refractivity contribution is 9.10. The topological polar surface area (TPSA) is 68.1 Å². The molecule has 0 amide bonds. The van der Waals surface area contributed by atoms with E-state index in [1.807, 2.05) is 38.1 Å². The van der Waals surface area contributed by atoms with Gasteiger partial charge in [-0.05, 0) is 52.2 Å². The lowest BCUT2D eigenvalue weighted by atomic mass is 9.90. The van der Waals surface area contributed by atoms with Crippen LogP contribution in [0.3, 0.4) is 0 Å². The van der Waals surface area contributed by atoms with Crippen LogP contribution < -0.4 is 4.90 Å². The summed E-state index contributed by atoms with van der Waals surface area (Å²) in [5.41, 5.74) is 4.64. The fraction of sp³-hybridized carbons (Fsp3) is 0.308. The van der Waals surface area contributed by atoms with E-state index in [1.54, 1.807) is 17.8 Å². The smallest absolute Gasteiger partial charge is 0.153 e. The van der Waals surface area contributed by atoms with Crippen LogP contribution in [0.25, 0.3) is 22.0 Å². The first-order valence-electron chi connectivity index (χ1n) is 11.4. The highest BCUT2D eigenvalue weighted by Gasteiger charge is 2.24. The van der Waals surface area contributed by atoms with Crippen LogP contribution in [-0.2, 0) is 29.1 Å². The fourth-order valence-electron chi connectivity index (χ4n) is 4.60. The fourth-order valence-corrected chi connectivity index (χ4v) is 6.22. The Labute approximate surface area is 228 Å². The van der Waals surface area contributed by atoms with Crippen LogP contribution in [0.4, 0.5) is 14.5 Å². The van der Waals surface area contributed by atoms with Gasteiger partial charge in [0.25, 0.3) is 0 Å². The summed E-state index contributed by atoms with van der Waals surface area (Å²) in [4.78, 5) is 6.78. The van der Waals surface area contributed by atoms with Gasteiger partial charge in [-0.25, -0.2) is 22.2 Å². The van der Waals surface area contributed by atoms with E-state index in [2.05, 4.69) is 21.0 Å². The Bertz CT molecular complexity index is 1600. The summed E-state index contributed by atoms with van der Waals surface area (Å²) in [6.45, 7) is 1.95. The van der Waals surface area contributed by atoms with Crippen LogP contribution in [0.15, 0.2) is 41.0 Å². The van der Waals surface area contributed by atoms with Crippen molar-refractivity contribution in [1.82, 2.24) is 14.8 Å². The van der Waals surface area contributed by atoms with Gasteiger partial charge >= 0.3 is 0 Å². The molecule has 2 heterocycles. The van der Waals surface area contributed by atoms with Gasteiger partial charge in [-0.2, -0.15) is 5.10 Å². The van der Waals surface area contributed by atoms with Gasteiger partial charge in [-0.15, -0.1) is 0 Å². The molecule has 0 unspecified atom stereocenters. The molecular formula is C26H26BrClF2N4O2S. The molecule has 0 spiro atoms. The zero-order chi connectivity index (χ0) is 27.2. The van der Waals surface area contributed by atoms with Crippen molar-refractivity contribution in [3.05, 3.63) is 74.6 Å². The van der Waals surface area contributed by atoms with E-state index in [1.165, 1.54) is 12.1 Å². The van der Waals surface area contributed by atoms with Gasteiger partial charge in [0.15, 0.2) is 9.84 Å². The zero-order valence-corrected chi connectivity index (χ0v) is 24.1. The maximum atomic E-state index is 13.9. The minimum absolute atomic E-state index is 0.224. The largest absolute Gasteiger partial charge is 0.375 e. The van der Waals surface area contributed by atoms with Crippen molar-refractivity contribution in [1.29, 1.82) is 0 Å². The molecule has 2 aromatic heterocycles. The highest BCUT2D eigenvalue weighted by atomic mass is 79.9. The first-order valence-corrected chi connectivity index (χ1v) is 14.6. The van der Waals surface area contributed by atoms with Crippen LogP contribution >= 0.6 is 27.5 Å². The number of hydrogen-bond donors (Lipinski definition) is 0. The normalized spacial score (nSPS) is 12.8. The molecule has 0 saturated heterocycles. The third-order valence-corrected chi connectivity index (χ3v) is 7.80. The number of halogens is 4. The van der Waals surface area contributed by atoms with Crippen molar-refractivity contribution in [2.75, 3.05) is 25.3 Å². The van der Waals surface area contributed by atoms with E-state index in [0.29, 0.717) is 43.9 Å². The third kappa shape index (κ3) is 5.81. The van der Waals surface area contributed by atoms with Crippen molar-refractivity contribution < 1.29 is 17.2 Å². The monoisotopic (exact) mass is 610 g/mol. The summed E-state index contributed by atoms with van der Waals surface area (Å²) in [5.74, 6) is -1.73. The summed E-state index contributed by atoms with van der Waals surface area (Å²) < 4.78 is 54.2. The SMILES string of the molecule is C[C@@H](Cc1cc(F)cc(F)c1)c1nc(Br)c(N(C)C)cc1-c1ccc(Cl)c2c(CS(C)(=O)=O)nn(C)c12. The van der Waals surface area contributed by atoms with Gasteiger partial charge < -0.3 is 4.90 Å². The predicted molar refractivity (Wildman–Crippen MR) is 148 cm³/mol. The summed E-state index contributed by atoms with van der Waals surface area (Å²) >= 11 is 10.1. The van der Waals surface area contributed by atoms with Crippen molar-refractivity contribution in [3.8, 4) is 11.1 Å². The standard InChI is InChI=1S/C26H26BrClF2N4O2S/c1-14(8-15-9-16(29)11-17(30)10-15)24-19(12-22(33(2)3)26(27)31-24)18-6-7-20(28)23-21(13-37(5,35)36)32-34(4)25(18)23/h6-7,9-12,14H,8,13H2,1-5H3/t14-/m0/s1. The van der Waals surface area contributed by atoms with Gasteiger partial charge in [0.2, 0.25) is 0 Å². The van der Waals surface area contributed by atoms with Crippen LogP contribution in [0, 0.1) is 11.6 Å². The van der Waals surface area contributed by atoms with Crippen molar-refractivity contribution in [3.63, 3.8) is 0 Å². The van der Waals surface area contributed by atoms with Crippen LogP contribution in [0.5, 0.6) is 0 Å².